The molecule has 0 spiro atoms. The zero-order chi connectivity index (χ0) is 18.4. The summed E-state index contributed by atoms with van der Waals surface area (Å²) in [7, 11) is 1.63. The molecule has 1 aromatic heterocycles. The third-order valence-corrected chi connectivity index (χ3v) is 4.87. The van der Waals surface area contributed by atoms with Gasteiger partial charge in [-0.3, -0.25) is 9.89 Å². The quantitative estimate of drug-likeness (QED) is 0.365. The van der Waals surface area contributed by atoms with Crippen LogP contribution >= 0.6 is 35.3 Å². The molecular weight excluding hydrogens is 482 g/mol. The van der Waals surface area contributed by atoms with Crippen LogP contribution in [0, 0.1) is 0 Å². The molecule has 1 aliphatic heterocycles. The monoisotopic (exact) mass is 507 g/mol. The molecule has 1 aliphatic rings. The van der Waals surface area contributed by atoms with E-state index in [1.54, 1.807) is 7.05 Å². The van der Waals surface area contributed by atoms with E-state index in [0.29, 0.717) is 23.6 Å². The SMILES string of the molecule is CN=C(NCc1nc(C(F)(F)F)cs1)NCC(C)N1CCOCC1C.I. The van der Waals surface area contributed by atoms with E-state index in [1.165, 1.54) is 0 Å². The van der Waals surface area contributed by atoms with Crippen molar-refractivity contribution in [3.8, 4) is 0 Å². The van der Waals surface area contributed by atoms with E-state index < -0.39 is 11.9 Å². The molecule has 2 heterocycles. The molecule has 0 bridgehead atoms. The number of aromatic nitrogens is 1. The molecule has 0 aromatic carbocycles. The molecule has 2 unspecified atom stereocenters. The van der Waals surface area contributed by atoms with E-state index in [9.17, 15) is 13.2 Å². The Morgan fingerprint density at radius 1 is 1.50 bits per heavy atom. The van der Waals surface area contributed by atoms with Gasteiger partial charge in [0.25, 0.3) is 0 Å². The number of hydrogen-bond acceptors (Lipinski definition) is 5. The van der Waals surface area contributed by atoms with Crippen LogP contribution in [0.2, 0.25) is 0 Å². The molecule has 1 fully saturated rings. The summed E-state index contributed by atoms with van der Waals surface area (Å²) < 4.78 is 43.1. The van der Waals surface area contributed by atoms with E-state index >= 15 is 0 Å². The van der Waals surface area contributed by atoms with Crippen molar-refractivity contribution in [3.05, 3.63) is 16.1 Å². The van der Waals surface area contributed by atoms with Gasteiger partial charge < -0.3 is 15.4 Å². The first-order valence-electron chi connectivity index (χ1n) is 8.11. The molecule has 11 heteroatoms. The third-order valence-electron chi connectivity index (χ3n) is 4.02. The summed E-state index contributed by atoms with van der Waals surface area (Å²) in [5.74, 6) is 0.538. The fraction of sp³-hybridized carbons (Fsp3) is 0.733. The molecule has 0 amide bonds. The summed E-state index contributed by atoms with van der Waals surface area (Å²) in [6.45, 7) is 7.46. The van der Waals surface area contributed by atoms with Crippen molar-refractivity contribution in [1.29, 1.82) is 0 Å². The number of nitrogens with zero attached hydrogens (tertiary/aromatic N) is 3. The summed E-state index contributed by atoms with van der Waals surface area (Å²) in [4.78, 5) is 10.1. The molecule has 6 nitrogen and oxygen atoms in total. The van der Waals surface area contributed by atoms with Gasteiger partial charge in [-0.1, -0.05) is 0 Å². The second-order valence-electron chi connectivity index (χ2n) is 5.94. The molecule has 0 radical (unpaired) electrons. The second-order valence-corrected chi connectivity index (χ2v) is 6.88. The van der Waals surface area contributed by atoms with Crippen molar-refractivity contribution >= 4 is 41.3 Å². The van der Waals surface area contributed by atoms with Crippen molar-refractivity contribution < 1.29 is 17.9 Å². The van der Waals surface area contributed by atoms with Gasteiger partial charge in [0.05, 0.1) is 19.8 Å². The fourth-order valence-electron chi connectivity index (χ4n) is 2.66. The van der Waals surface area contributed by atoms with Crippen molar-refractivity contribution in [2.45, 2.75) is 38.7 Å². The molecule has 1 saturated heterocycles. The van der Waals surface area contributed by atoms with Gasteiger partial charge in [-0.05, 0) is 13.8 Å². The molecule has 0 saturated carbocycles. The Hall–Kier alpha value is -0.660. The molecular formula is C15H25F3IN5OS. The maximum absolute atomic E-state index is 12.6. The van der Waals surface area contributed by atoms with Crippen LogP contribution in [-0.4, -0.2) is 61.3 Å². The predicted molar refractivity (Wildman–Crippen MR) is 107 cm³/mol. The molecule has 26 heavy (non-hydrogen) atoms. The van der Waals surface area contributed by atoms with Crippen LogP contribution in [0.3, 0.4) is 0 Å². The number of nitrogens with one attached hydrogen (secondary N) is 2. The minimum Gasteiger partial charge on any atom is -0.379 e. The number of aliphatic imine (C=N–C) groups is 1. The van der Waals surface area contributed by atoms with Crippen LogP contribution < -0.4 is 10.6 Å². The highest BCUT2D eigenvalue weighted by Crippen LogP contribution is 2.29. The zero-order valence-electron chi connectivity index (χ0n) is 15.0. The highest BCUT2D eigenvalue weighted by molar-refractivity contribution is 14.0. The van der Waals surface area contributed by atoms with Crippen LogP contribution in [0.15, 0.2) is 10.4 Å². The van der Waals surface area contributed by atoms with E-state index in [0.717, 1.165) is 36.5 Å². The highest BCUT2D eigenvalue weighted by Gasteiger charge is 2.33. The van der Waals surface area contributed by atoms with Gasteiger partial charge in [-0.2, -0.15) is 13.2 Å². The smallest absolute Gasteiger partial charge is 0.379 e. The minimum atomic E-state index is -4.40. The summed E-state index contributed by atoms with van der Waals surface area (Å²) in [6, 6.07) is 0.644. The molecule has 1 aromatic rings. The average Bonchev–Trinajstić information content (AvgIpc) is 3.04. The van der Waals surface area contributed by atoms with Crippen LogP contribution in [0.4, 0.5) is 13.2 Å². The molecule has 150 valence electrons. The lowest BCUT2D eigenvalue weighted by Crippen LogP contribution is -2.52. The number of morpholine rings is 1. The maximum Gasteiger partial charge on any atom is 0.434 e. The van der Waals surface area contributed by atoms with Gasteiger partial charge in [0.15, 0.2) is 11.7 Å². The molecule has 2 rings (SSSR count). The summed E-state index contributed by atoms with van der Waals surface area (Å²) in [5.41, 5.74) is -0.854. The summed E-state index contributed by atoms with van der Waals surface area (Å²) >= 11 is 0.978. The van der Waals surface area contributed by atoms with Crippen molar-refractivity contribution in [3.63, 3.8) is 0 Å². The molecule has 0 aliphatic carbocycles. The first-order chi connectivity index (χ1) is 11.8. The molecule has 2 atom stereocenters. The first kappa shape index (κ1) is 23.4. The Morgan fingerprint density at radius 3 is 2.81 bits per heavy atom. The predicted octanol–water partition coefficient (Wildman–Crippen LogP) is 2.55. The van der Waals surface area contributed by atoms with Gasteiger partial charge >= 0.3 is 6.18 Å². The minimum absolute atomic E-state index is 0. The number of hydrogen-bond donors (Lipinski definition) is 2. The van der Waals surface area contributed by atoms with Crippen molar-refractivity contribution in [2.24, 2.45) is 4.99 Å². The summed E-state index contributed by atoms with van der Waals surface area (Å²) in [5, 5.41) is 7.59. The Labute approximate surface area is 172 Å². The normalized spacial score (nSPS) is 20.4. The maximum atomic E-state index is 12.6. The topological polar surface area (TPSA) is 61.8 Å². The number of guanidine groups is 1. The van der Waals surface area contributed by atoms with Crippen LogP contribution in [0.5, 0.6) is 0 Å². The van der Waals surface area contributed by atoms with Gasteiger partial charge in [-0.15, -0.1) is 35.3 Å². The third kappa shape index (κ3) is 6.82. The number of thiazole rings is 1. The number of ether oxygens (including phenoxy) is 1. The fourth-order valence-corrected chi connectivity index (χ4v) is 3.40. The lowest BCUT2D eigenvalue weighted by molar-refractivity contribution is -0.140. The standard InChI is InChI=1S/C15H24F3N5OS.HI/c1-10(23-4-5-24-8-11(23)2)6-20-14(19-3)21-7-13-22-12(9-25-13)15(16,17)18;/h9-11H,4-8H2,1-3H3,(H2,19,20,21);1H. The van der Waals surface area contributed by atoms with Gasteiger partial charge in [0.1, 0.15) is 5.01 Å². The Balaban J connectivity index is 0.00000338. The van der Waals surface area contributed by atoms with Gasteiger partial charge in [0, 0.05) is 37.6 Å². The summed E-state index contributed by atoms with van der Waals surface area (Å²) in [6.07, 6.45) is -4.40. The second kappa shape index (κ2) is 10.6. The zero-order valence-corrected chi connectivity index (χ0v) is 18.1. The van der Waals surface area contributed by atoms with E-state index in [1.807, 2.05) is 0 Å². The van der Waals surface area contributed by atoms with Crippen LogP contribution in [0.25, 0.3) is 0 Å². The number of rotatable bonds is 5. The lowest BCUT2D eigenvalue weighted by Gasteiger charge is -2.38. The Bertz CT molecular complexity index is 584. The van der Waals surface area contributed by atoms with Crippen LogP contribution in [-0.2, 0) is 17.5 Å². The van der Waals surface area contributed by atoms with Gasteiger partial charge in [-0.25, -0.2) is 4.98 Å². The molecule has 2 N–H and O–H groups in total. The number of alkyl halides is 3. The first-order valence-corrected chi connectivity index (χ1v) is 8.98. The van der Waals surface area contributed by atoms with E-state index in [-0.39, 0.29) is 36.6 Å². The number of halogens is 4. The van der Waals surface area contributed by atoms with Crippen LogP contribution in [0.1, 0.15) is 24.5 Å². The highest BCUT2D eigenvalue weighted by atomic mass is 127. The van der Waals surface area contributed by atoms with E-state index in [2.05, 4.69) is 39.4 Å². The van der Waals surface area contributed by atoms with Gasteiger partial charge in [0.2, 0.25) is 0 Å². The lowest BCUT2D eigenvalue weighted by atomic mass is 10.2. The van der Waals surface area contributed by atoms with Crippen molar-refractivity contribution in [1.82, 2.24) is 20.5 Å². The Kier molecular flexibility index (Phi) is 9.55. The largest absolute Gasteiger partial charge is 0.434 e. The Morgan fingerprint density at radius 2 is 2.23 bits per heavy atom. The average molecular weight is 507 g/mol. The van der Waals surface area contributed by atoms with Crippen molar-refractivity contribution in [2.75, 3.05) is 33.4 Å². The van der Waals surface area contributed by atoms with E-state index in [4.69, 9.17) is 4.74 Å².